The normalized spacial score (nSPS) is 31.1. The van der Waals surface area contributed by atoms with Gasteiger partial charge in [0.2, 0.25) is 17.7 Å². The van der Waals surface area contributed by atoms with E-state index in [1.165, 1.54) is 4.90 Å². The van der Waals surface area contributed by atoms with Crippen molar-refractivity contribution in [3.8, 4) is 0 Å². The van der Waals surface area contributed by atoms with Crippen molar-refractivity contribution >= 4 is 23.4 Å². The van der Waals surface area contributed by atoms with Crippen molar-refractivity contribution in [3.63, 3.8) is 0 Å². The molecule has 1 spiro atoms. The molecule has 4 unspecified atom stereocenters. The van der Waals surface area contributed by atoms with E-state index in [2.05, 4.69) is 24.5 Å². The van der Waals surface area contributed by atoms with Gasteiger partial charge in [-0.2, -0.15) is 0 Å². The number of anilines is 1. The summed E-state index contributed by atoms with van der Waals surface area (Å²) in [5.74, 6) is -1.35. The van der Waals surface area contributed by atoms with Gasteiger partial charge >= 0.3 is 0 Å². The van der Waals surface area contributed by atoms with Crippen molar-refractivity contribution in [2.24, 2.45) is 17.8 Å². The molecule has 2 saturated heterocycles. The number of nitrogens with one attached hydrogen (secondary N) is 2. The number of amides is 3. The van der Waals surface area contributed by atoms with E-state index in [0.717, 1.165) is 36.1 Å². The monoisotopic (exact) mass is 383 g/mol. The van der Waals surface area contributed by atoms with Crippen LogP contribution in [0.4, 0.5) is 5.69 Å². The van der Waals surface area contributed by atoms with Crippen LogP contribution >= 0.6 is 0 Å². The Morgan fingerprint density at radius 2 is 1.93 bits per heavy atom. The molecule has 150 valence electrons. The number of rotatable bonds is 5. The Morgan fingerprint density at radius 3 is 2.61 bits per heavy atom. The minimum absolute atomic E-state index is 0.118. The number of likely N-dealkylation sites (tertiary alicyclic amines) is 1. The zero-order valence-electron chi connectivity index (χ0n) is 17.0. The third kappa shape index (κ3) is 2.54. The number of carbonyl (C=O) groups excluding carboxylic acids is 3. The highest BCUT2D eigenvalue weighted by Crippen LogP contribution is 2.53. The molecule has 0 aliphatic carbocycles. The molecule has 3 aliphatic heterocycles. The van der Waals surface area contributed by atoms with Crippen molar-refractivity contribution in [2.75, 3.05) is 11.9 Å². The van der Waals surface area contributed by atoms with Crippen LogP contribution in [0.3, 0.4) is 0 Å². The van der Waals surface area contributed by atoms with Gasteiger partial charge in [-0.05, 0) is 31.7 Å². The summed E-state index contributed by atoms with van der Waals surface area (Å²) in [5.41, 5.74) is 1.41. The van der Waals surface area contributed by atoms with Crippen molar-refractivity contribution in [2.45, 2.75) is 58.5 Å². The van der Waals surface area contributed by atoms with Gasteiger partial charge in [0, 0.05) is 23.8 Å². The standard InChI is InChI=1S/C22H29N3O3/c1-5-6-9-25-19(26)17-16(10-12(2)3)24-22(18(17)20(25)27)14-11-13(4)7-8-15(14)23-21(22)28/h7-8,11-12,16-18,24H,5-6,9-10H2,1-4H3,(H,23,28). The summed E-state index contributed by atoms with van der Waals surface area (Å²) in [6, 6.07) is 5.62. The molecule has 6 heteroatoms. The highest BCUT2D eigenvalue weighted by molar-refractivity contribution is 6.15. The molecule has 1 aromatic rings. The molecule has 3 aliphatic rings. The molecular weight excluding hydrogens is 354 g/mol. The van der Waals surface area contributed by atoms with E-state index in [0.29, 0.717) is 12.5 Å². The van der Waals surface area contributed by atoms with E-state index in [1.807, 2.05) is 32.0 Å². The first kappa shape index (κ1) is 19.1. The molecule has 1 aromatic carbocycles. The molecule has 2 N–H and O–H groups in total. The second-order valence-electron chi connectivity index (χ2n) is 8.88. The summed E-state index contributed by atoms with van der Waals surface area (Å²) >= 11 is 0. The fourth-order valence-corrected chi connectivity index (χ4v) is 5.22. The third-order valence-electron chi connectivity index (χ3n) is 6.42. The first-order valence-electron chi connectivity index (χ1n) is 10.4. The summed E-state index contributed by atoms with van der Waals surface area (Å²) in [4.78, 5) is 41.3. The van der Waals surface area contributed by atoms with Crippen LogP contribution in [0, 0.1) is 24.7 Å². The van der Waals surface area contributed by atoms with E-state index < -0.39 is 17.4 Å². The highest BCUT2D eigenvalue weighted by Gasteiger charge is 2.70. The average Bonchev–Trinajstić information content (AvgIpc) is 3.19. The lowest BCUT2D eigenvalue weighted by molar-refractivity contribution is -0.142. The largest absolute Gasteiger partial charge is 0.324 e. The maximum Gasteiger partial charge on any atom is 0.250 e. The van der Waals surface area contributed by atoms with Crippen molar-refractivity contribution in [1.29, 1.82) is 0 Å². The molecule has 0 saturated carbocycles. The van der Waals surface area contributed by atoms with Gasteiger partial charge in [0.05, 0.1) is 11.8 Å². The molecule has 0 radical (unpaired) electrons. The number of fused-ring (bicyclic) bond motifs is 4. The zero-order valence-corrected chi connectivity index (χ0v) is 17.0. The van der Waals surface area contributed by atoms with Gasteiger partial charge in [-0.25, -0.2) is 0 Å². The smallest absolute Gasteiger partial charge is 0.250 e. The van der Waals surface area contributed by atoms with Crippen molar-refractivity contribution in [1.82, 2.24) is 10.2 Å². The number of carbonyl (C=O) groups is 3. The molecule has 4 rings (SSSR count). The van der Waals surface area contributed by atoms with Crippen LogP contribution in [0.15, 0.2) is 18.2 Å². The quantitative estimate of drug-likeness (QED) is 0.766. The Morgan fingerprint density at radius 1 is 1.18 bits per heavy atom. The van der Waals surface area contributed by atoms with E-state index in [4.69, 9.17) is 0 Å². The predicted molar refractivity (Wildman–Crippen MR) is 106 cm³/mol. The predicted octanol–water partition coefficient (Wildman–Crippen LogP) is 2.56. The number of aryl methyl sites for hydroxylation is 1. The first-order chi connectivity index (χ1) is 13.3. The zero-order chi connectivity index (χ0) is 20.2. The van der Waals surface area contributed by atoms with Gasteiger partial charge in [0.1, 0.15) is 5.54 Å². The Bertz CT molecular complexity index is 849. The maximum atomic E-state index is 13.4. The first-order valence-corrected chi connectivity index (χ1v) is 10.4. The summed E-state index contributed by atoms with van der Waals surface area (Å²) in [5, 5.41) is 6.44. The van der Waals surface area contributed by atoms with Crippen LogP contribution in [-0.4, -0.2) is 35.2 Å². The number of benzene rings is 1. The lowest BCUT2D eigenvalue weighted by Gasteiger charge is -2.30. The fourth-order valence-electron chi connectivity index (χ4n) is 5.22. The van der Waals surface area contributed by atoms with Crippen LogP contribution in [0.5, 0.6) is 0 Å². The van der Waals surface area contributed by atoms with Crippen molar-refractivity contribution in [3.05, 3.63) is 29.3 Å². The summed E-state index contributed by atoms with van der Waals surface area (Å²) < 4.78 is 0. The maximum absolute atomic E-state index is 13.4. The molecule has 6 nitrogen and oxygen atoms in total. The van der Waals surface area contributed by atoms with Gasteiger partial charge in [-0.3, -0.25) is 24.6 Å². The molecule has 28 heavy (non-hydrogen) atoms. The van der Waals surface area contributed by atoms with Crippen LogP contribution in [0.1, 0.15) is 51.2 Å². The van der Waals surface area contributed by atoms with Crippen LogP contribution in [0.25, 0.3) is 0 Å². The van der Waals surface area contributed by atoms with Gasteiger partial charge in [-0.15, -0.1) is 0 Å². The number of hydrogen-bond donors (Lipinski definition) is 2. The number of nitrogens with zero attached hydrogens (tertiary/aromatic N) is 1. The summed E-state index contributed by atoms with van der Waals surface area (Å²) in [7, 11) is 0. The lowest BCUT2D eigenvalue weighted by Crippen LogP contribution is -2.53. The minimum atomic E-state index is -1.15. The fraction of sp³-hybridized carbons (Fsp3) is 0.591. The summed E-state index contributed by atoms with van der Waals surface area (Å²) in [6.45, 7) is 8.66. The Labute approximate surface area is 166 Å². The third-order valence-corrected chi connectivity index (χ3v) is 6.42. The molecule has 3 heterocycles. The Balaban J connectivity index is 1.84. The molecule has 0 aromatic heterocycles. The Kier molecular flexibility index (Phi) is 4.57. The average molecular weight is 383 g/mol. The minimum Gasteiger partial charge on any atom is -0.324 e. The number of imide groups is 1. The van der Waals surface area contributed by atoms with Gasteiger partial charge < -0.3 is 5.32 Å². The van der Waals surface area contributed by atoms with Crippen LogP contribution in [-0.2, 0) is 19.9 Å². The molecule has 0 bridgehead atoms. The van der Waals surface area contributed by atoms with Crippen LogP contribution < -0.4 is 10.6 Å². The topological polar surface area (TPSA) is 78.5 Å². The Hall–Kier alpha value is -2.21. The second kappa shape index (κ2) is 6.69. The lowest BCUT2D eigenvalue weighted by atomic mass is 9.76. The van der Waals surface area contributed by atoms with E-state index >= 15 is 0 Å². The van der Waals surface area contributed by atoms with E-state index in [-0.39, 0.29) is 23.8 Å². The highest BCUT2D eigenvalue weighted by atomic mass is 16.2. The second-order valence-corrected chi connectivity index (χ2v) is 8.88. The van der Waals surface area contributed by atoms with Gasteiger partial charge in [0.25, 0.3) is 0 Å². The van der Waals surface area contributed by atoms with Crippen molar-refractivity contribution < 1.29 is 14.4 Å². The van der Waals surface area contributed by atoms with E-state index in [1.54, 1.807) is 0 Å². The number of unbranched alkanes of at least 4 members (excludes halogenated alkanes) is 1. The molecule has 2 fully saturated rings. The van der Waals surface area contributed by atoms with E-state index in [9.17, 15) is 14.4 Å². The van der Waals surface area contributed by atoms with Crippen LogP contribution in [0.2, 0.25) is 0 Å². The van der Waals surface area contributed by atoms with Gasteiger partial charge in [-0.1, -0.05) is 44.9 Å². The molecule has 3 amide bonds. The number of hydrogen-bond acceptors (Lipinski definition) is 4. The molecular formula is C22H29N3O3. The molecule has 4 atom stereocenters. The SMILES string of the molecule is CCCCN1C(=O)C2C(CC(C)C)NC3(C(=O)Nc4ccc(C)cc43)C2C1=O. The van der Waals surface area contributed by atoms with Gasteiger partial charge in [0.15, 0.2) is 0 Å². The summed E-state index contributed by atoms with van der Waals surface area (Å²) in [6.07, 6.45) is 2.44.